The lowest BCUT2D eigenvalue weighted by molar-refractivity contribution is -0.166. The van der Waals surface area contributed by atoms with E-state index < -0.39 is 30.0 Å². The Morgan fingerprint density at radius 3 is 2.79 bits per heavy atom. The zero-order valence-corrected chi connectivity index (χ0v) is 22.6. The number of aliphatic hydroxyl groups is 1. The number of amides is 3. The van der Waals surface area contributed by atoms with Crippen molar-refractivity contribution in [3.8, 4) is 0 Å². The zero-order valence-electron chi connectivity index (χ0n) is 21.8. The quantitative estimate of drug-likeness (QED) is 0.188. The Kier molecular flexibility index (Phi) is 7.81. The minimum absolute atomic E-state index is 0.0160. The van der Waals surface area contributed by atoms with Crippen LogP contribution in [0.2, 0.25) is 0 Å². The molecule has 4 saturated heterocycles. The lowest BCUT2D eigenvalue weighted by atomic mass is 9.78. The number of hydrogen-bond donors (Lipinski definition) is 5. The molecule has 1 aromatic heterocycles. The summed E-state index contributed by atoms with van der Waals surface area (Å²) in [5.74, 6) is -2.44. The molecule has 15 nitrogen and oxygen atoms in total. The van der Waals surface area contributed by atoms with Gasteiger partial charge in [-0.25, -0.2) is 9.48 Å². The molecule has 214 valence electrons. The van der Waals surface area contributed by atoms with Crippen molar-refractivity contribution in [3.05, 3.63) is 6.33 Å². The first kappa shape index (κ1) is 27.7. The highest BCUT2D eigenvalue weighted by Crippen LogP contribution is 2.50. The number of thioether (sulfide) groups is 1. The fourth-order valence-electron chi connectivity index (χ4n) is 6.66. The lowest BCUT2D eigenvalue weighted by Crippen LogP contribution is -2.68. The number of likely N-dealkylation sites (tertiary alicyclic amines) is 1. The van der Waals surface area contributed by atoms with Crippen molar-refractivity contribution in [3.63, 3.8) is 0 Å². The monoisotopic (exact) mass is 565 g/mol. The minimum Gasteiger partial charge on any atom is -0.480 e. The van der Waals surface area contributed by atoms with Crippen molar-refractivity contribution in [2.45, 2.75) is 80.0 Å². The van der Waals surface area contributed by atoms with Gasteiger partial charge in [-0.2, -0.15) is 11.8 Å². The molecule has 3 amide bonds. The van der Waals surface area contributed by atoms with Crippen LogP contribution in [0.4, 0.5) is 0 Å². The van der Waals surface area contributed by atoms with Gasteiger partial charge in [0.1, 0.15) is 18.9 Å². The molecule has 0 aromatic carbocycles. The molecule has 4 aliphatic rings. The van der Waals surface area contributed by atoms with Gasteiger partial charge in [-0.1, -0.05) is 6.92 Å². The number of nitrogens with two attached hydrogens (primary N) is 1. The average molecular weight is 566 g/mol. The van der Waals surface area contributed by atoms with Crippen molar-refractivity contribution in [2.24, 2.45) is 17.6 Å². The largest absolute Gasteiger partial charge is 0.480 e. The van der Waals surface area contributed by atoms with Crippen LogP contribution in [0.25, 0.3) is 0 Å². The summed E-state index contributed by atoms with van der Waals surface area (Å²) in [6.45, 7) is 4.48. The van der Waals surface area contributed by atoms with Crippen LogP contribution in [-0.4, -0.2) is 130 Å². The average Bonchev–Trinajstić information content (AvgIpc) is 3.67. The molecule has 7 unspecified atom stereocenters. The topological polar surface area (TPSA) is 209 Å². The van der Waals surface area contributed by atoms with E-state index in [9.17, 15) is 29.4 Å². The molecule has 39 heavy (non-hydrogen) atoms. The van der Waals surface area contributed by atoms with Crippen LogP contribution in [0.5, 0.6) is 0 Å². The SMILES string of the molecule is CC(NC(=O)Cn1cnnn1)[C@H]1C(=O)N2C(C(=O)O)C(S[C@H]3CNC(C(=O)N4CCC(N)C4CO)C3)C(C)[C@H]12. The van der Waals surface area contributed by atoms with E-state index in [1.54, 1.807) is 11.8 Å². The number of fused-ring (bicyclic) bond motifs is 1. The van der Waals surface area contributed by atoms with E-state index in [1.807, 2.05) is 6.92 Å². The highest BCUT2D eigenvalue weighted by Gasteiger charge is 2.65. The van der Waals surface area contributed by atoms with Gasteiger partial charge in [-0.05, 0) is 36.1 Å². The molecule has 5 rings (SSSR count). The number of β-lactam (4-membered cyclic amide) rings is 1. The number of carboxylic acids is 1. The highest BCUT2D eigenvalue weighted by molar-refractivity contribution is 8.00. The fourth-order valence-corrected chi connectivity index (χ4v) is 8.40. The molecular formula is C23H35N9O6S. The van der Waals surface area contributed by atoms with Crippen LogP contribution >= 0.6 is 11.8 Å². The van der Waals surface area contributed by atoms with Gasteiger partial charge in [0.15, 0.2) is 0 Å². The van der Waals surface area contributed by atoms with Gasteiger partial charge in [0, 0.05) is 41.7 Å². The number of carboxylic acid groups (broad SMARTS) is 1. The van der Waals surface area contributed by atoms with Crippen LogP contribution in [0.15, 0.2) is 6.33 Å². The zero-order chi connectivity index (χ0) is 28.0. The summed E-state index contributed by atoms with van der Waals surface area (Å²) in [7, 11) is 0. The Morgan fingerprint density at radius 1 is 1.36 bits per heavy atom. The van der Waals surface area contributed by atoms with Crippen LogP contribution in [0, 0.1) is 11.8 Å². The Labute approximate surface area is 229 Å². The van der Waals surface area contributed by atoms with E-state index >= 15 is 0 Å². The van der Waals surface area contributed by atoms with Crippen molar-refractivity contribution in [1.82, 2.24) is 40.6 Å². The van der Waals surface area contributed by atoms with E-state index in [0.717, 1.165) is 0 Å². The molecule has 16 heteroatoms. The Morgan fingerprint density at radius 2 is 2.13 bits per heavy atom. The molecule has 4 fully saturated rings. The lowest BCUT2D eigenvalue weighted by Gasteiger charge is -2.48. The molecule has 4 aliphatic heterocycles. The molecule has 5 heterocycles. The fraction of sp³-hybridized carbons (Fsp3) is 0.783. The molecule has 0 saturated carbocycles. The number of carbonyl (C=O) groups excluding carboxylic acids is 3. The number of nitrogens with one attached hydrogen (secondary N) is 2. The third-order valence-corrected chi connectivity index (χ3v) is 10.3. The van der Waals surface area contributed by atoms with Crippen LogP contribution in [0.1, 0.15) is 26.7 Å². The Bertz CT molecular complexity index is 1110. The molecular weight excluding hydrogens is 530 g/mol. The summed E-state index contributed by atoms with van der Waals surface area (Å²) < 4.78 is 1.28. The van der Waals surface area contributed by atoms with Crippen LogP contribution in [-0.2, 0) is 25.7 Å². The third kappa shape index (κ3) is 4.98. The Balaban J connectivity index is 1.22. The van der Waals surface area contributed by atoms with Gasteiger partial charge in [0.25, 0.3) is 0 Å². The van der Waals surface area contributed by atoms with Crippen LogP contribution < -0.4 is 16.4 Å². The standard InChI is InChI=1S/C23H35N9O6S/c1-10-18-17(11(2)27-16(34)7-30-9-26-28-29-30)22(36)32(18)19(23(37)38)20(10)39-12-5-14(25-6-12)21(35)31-4-3-13(24)15(31)8-33/h9-15,17-20,25,33H,3-8,24H2,1-2H3,(H,27,34)(H,37,38)/t10?,11?,12-,13?,14?,15?,17-,18-,19?,20?/m1/s1. The van der Waals surface area contributed by atoms with Crippen molar-refractivity contribution in [1.29, 1.82) is 0 Å². The first-order valence-corrected chi connectivity index (χ1v) is 14.2. The van der Waals surface area contributed by atoms with Gasteiger partial charge in [-0.15, -0.1) is 5.10 Å². The second kappa shape index (κ2) is 11.0. The van der Waals surface area contributed by atoms with Crippen molar-refractivity contribution < 1.29 is 29.4 Å². The number of rotatable bonds is 9. The normalized spacial score (nSPS) is 36.5. The molecule has 0 radical (unpaired) electrons. The molecule has 1 aromatic rings. The second-order valence-electron chi connectivity index (χ2n) is 10.9. The highest BCUT2D eigenvalue weighted by atomic mass is 32.2. The summed E-state index contributed by atoms with van der Waals surface area (Å²) in [5.41, 5.74) is 6.05. The first-order chi connectivity index (χ1) is 18.6. The molecule has 0 aliphatic carbocycles. The van der Waals surface area contributed by atoms with Crippen molar-refractivity contribution >= 4 is 35.5 Å². The maximum Gasteiger partial charge on any atom is 0.327 e. The van der Waals surface area contributed by atoms with E-state index in [1.165, 1.54) is 27.7 Å². The maximum absolute atomic E-state index is 13.2. The predicted molar refractivity (Wildman–Crippen MR) is 137 cm³/mol. The Hall–Kier alpha value is -2.82. The molecule has 0 bridgehead atoms. The summed E-state index contributed by atoms with van der Waals surface area (Å²) >= 11 is 1.52. The number of aliphatic carboxylic acids is 1. The summed E-state index contributed by atoms with van der Waals surface area (Å²) in [6.07, 6.45) is 2.49. The second-order valence-corrected chi connectivity index (χ2v) is 12.4. The smallest absolute Gasteiger partial charge is 0.327 e. The summed E-state index contributed by atoms with van der Waals surface area (Å²) in [6, 6.07) is -2.86. The summed E-state index contributed by atoms with van der Waals surface area (Å²) in [4.78, 5) is 54.2. The first-order valence-electron chi connectivity index (χ1n) is 13.2. The minimum atomic E-state index is -1.06. The number of hydrogen-bond acceptors (Lipinski definition) is 11. The number of aliphatic hydroxyl groups excluding tert-OH is 1. The van der Waals surface area contributed by atoms with Gasteiger partial charge < -0.3 is 36.4 Å². The number of carbonyl (C=O) groups is 4. The predicted octanol–water partition coefficient (Wildman–Crippen LogP) is -3.14. The molecule has 0 spiro atoms. The summed E-state index contributed by atoms with van der Waals surface area (Å²) in [5, 5.41) is 36.1. The number of aromatic nitrogens is 4. The van der Waals surface area contributed by atoms with Gasteiger partial charge in [0.05, 0.1) is 24.6 Å². The molecule has 10 atom stereocenters. The van der Waals surface area contributed by atoms with Gasteiger partial charge in [0.2, 0.25) is 17.7 Å². The number of nitrogens with zero attached hydrogens (tertiary/aromatic N) is 6. The van der Waals surface area contributed by atoms with Crippen LogP contribution in [0.3, 0.4) is 0 Å². The van der Waals surface area contributed by atoms with Crippen molar-refractivity contribution in [2.75, 3.05) is 19.7 Å². The van der Waals surface area contributed by atoms with Gasteiger partial charge >= 0.3 is 5.97 Å². The van der Waals surface area contributed by atoms with E-state index in [2.05, 4.69) is 26.2 Å². The third-order valence-electron chi connectivity index (χ3n) is 8.58. The van der Waals surface area contributed by atoms with E-state index in [4.69, 9.17) is 5.73 Å². The number of tetrazole rings is 1. The molecule has 6 N–H and O–H groups in total. The van der Waals surface area contributed by atoms with Gasteiger partial charge in [-0.3, -0.25) is 14.4 Å². The maximum atomic E-state index is 13.2. The van der Waals surface area contributed by atoms with E-state index in [-0.39, 0.29) is 65.4 Å². The van der Waals surface area contributed by atoms with E-state index in [0.29, 0.717) is 25.9 Å².